The van der Waals surface area contributed by atoms with Crippen molar-refractivity contribution in [1.29, 1.82) is 0 Å². The van der Waals surface area contributed by atoms with Gasteiger partial charge in [0.25, 0.3) is 0 Å². The molecule has 1 saturated heterocycles. The Morgan fingerprint density at radius 3 is 2.84 bits per heavy atom. The molecule has 1 aliphatic carbocycles. The lowest BCUT2D eigenvalue weighted by Crippen LogP contribution is -2.28. The zero-order valence-electron chi connectivity index (χ0n) is 14.6. The molecular weight excluding hydrogens is 328 g/mol. The molecule has 5 heteroatoms. The number of aliphatic imine (C=N–C) groups is 1. The van der Waals surface area contributed by atoms with Crippen LogP contribution in [0.25, 0.3) is 0 Å². The van der Waals surface area contributed by atoms with Crippen LogP contribution in [0.5, 0.6) is 0 Å². The molecule has 4 nitrogen and oxygen atoms in total. The van der Waals surface area contributed by atoms with Gasteiger partial charge >= 0.3 is 0 Å². The van der Waals surface area contributed by atoms with E-state index in [9.17, 15) is 0 Å². The summed E-state index contributed by atoms with van der Waals surface area (Å²) in [6.07, 6.45) is 11.9. The SMILES string of the molecule is C[C@H]1CN2C(=N[C@H](c3ccccn3)[C@@H]2c2ccn(C3CCCC3)c2)S1. The van der Waals surface area contributed by atoms with Gasteiger partial charge in [-0.2, -0.15) is 0 Å². The van der Waals surface area contributed by atoms with Gasteiger partial charge in [0.15, 0.2) is 5.17 Å². The van der Waals surface area contributed by atoms with Gasteiger partial charge in [-0.05, 0) is 36.6 Å². The van der Waals surface area contributed by atoms with E-state index in [0.717, 1.165) is 12.2 Å². The third kappa shape index (κ3) is 2.69. The number of fused-ring (bicyclic) bond motifs is 1. The molecule has 0 amide bonds. The van der Waals surface area contributed by atoms with Gasteiger partial charge in [0.05, 0.1) is 11.7 Å². The van der Waals surface area contributed by atoms with Crippen molar-refractivity contribution in [3.63, 3.8) is 0 Å². The van der Waals surface area contributed by atoms with Crippen LogP contribution in [-0.2, 0) is 0 Å². The molecule has 0 spiro atoms. The Morgan fingerprint density at radius 1 is 1.16 bits per heavy atom. The third-order valence-corrected chi connectivity index (χ3v) is 6.81. The van der Waals surface area contributed by atoms with Crippen LogP contribution in [0.1, 0.15) is 62.0 Å². The van der Waals surface area contributed by atoms with Crippen molar-refractivity contribution in [2.45, 2.75) is 56.0 Å². The number of amidine groups is 1. The van der Waals surface area contributed by atoms with Gasteiger partial charge in [-0.3, -0.25) is 9.98 Å². The van der Waals surface area contributed by atoms with Gasteiger partial charge in [-0.15, -0.1) is 0 Å². The third-order valence-electron chi connectivity index (χ3n) is 5.71. The molecule has 0 radical (unpaired) electrons. The molecule has 0 unspecified atom stereocenters. The molecule has 2 aromatic rings. The molecule has 1 saturated carbocycles. The van der Waals surface area contributed by atoms with Crippen molar-refractivity contribution in [1.82, 2.24) is 14.5 Å². The molecular formula is C20H24N4S. The van der Waals surface area contributed by atoms with Crippen molar-refractivity contribution in [2.75, 3.05) is 6.54 Å². The molecule has 0 bridgehead atoms. The zero-order chi connectivity index (χ0) is 16.8. The molecule has 3 atom stereocenters. The van der Waals surface area contributed by atoms with Crippen molar-refractivity contribution >= 4 is 16.9 Å². The highest BCUT2D eigenvalue weighted by Crippen LogP contribution is 2.47. The normalized spacial score (nSPS) is 29.2. The Hall–Kier alpha value is -1.75. The van der Waals surface area contributed by atoms with E-state index < -0.39 is 0 Å². The van der Waals surface area contributed by atoms with E-state index in [1.54, 1.807) is 0 Å². The Balaban J connectivity index is 1.50. The van der Waals surface area contributed by atoms with Crippen LogP contribution in [0.2, 0.25) is 0 Å². The van der Waals surface area contributed by atoms with Gasteiger partial charge in [0.2, 0.25) is 0 Å². The summed E-state index contributed by atoms with van der Waals surface area (Å²) < 4.78 is 2.45. The number of pyridine rings is 1. The van der Waals surface area contributed by atoms with Crippen LogP contribution in [-0.4, -0.2) is 31.4 Å². The van der Waals surface area contributed by atoms with E-state index in [2.05, 4.69) is 52.0 Å². The molecule has 25 heavy (non-hydrogen) atoms. The van der Waals surface area contributed by atoms with E-state index in [1.165, 1.54) is 36.4 Å². The first-order valence-electron chi connectivity index (χ1n) is 9.39. The maximum absolute atomic E-state index is 5.07. The molecule has 4 heterocycles. The minimum Gasteiger partial charge on any atom is -0.351 e. The Kier molecular flexibility index (Phi) is 3.85. The van der Waals surface area contributed by atoms with Crippen molar-refractivity contribution in [2.24, 2.45) is 4.99 Å². The number of nitrogens with zero attached hydrogens (tertiary/aromatic N) is 4. The molecule has 0 N–H and O–H groups in total. The van der Waals surface area contributed by atoms with Gasteiger partial charge in [0, 0.05) is 36.4 Å². The number of hydrogen-bond acceptors (Lipinski definition) is 4. The quantitative estimate of drug-likeness (QED) is 0.810. The molecule has 3 aliphatic rings. The summed E-state index contributed by atoms with van der Waals surface area (Å²) in [6.45, 7) is 3.37. The number of hydrogen-bond donors (Lipinski definition) is 0. The van der Waals surface area contributed by atoms with Crippen LogP contribution in [0.15, 0.2) is 47.8 Å². The lowest BCUT2D eigenvalue weighted by atomic mass is 9.99. The second kappa shape index (κ2) is 6.20. The van der Waals surface area contributed by atoms with Gasteiger partial charge in [-0.25, -0.2) is 0 Å². The zero-order valence-corrected chi connectivity index (χ0v) is 15.4. The summed E-state index contributed by atoms with van der Waals surface area (Å²) in [7, 11) is 0. The fourth-order valence-corrected chi connectivity index (χ4v) is 5.61. The molecule has 130 valence electrons. The summed E-state index contributed by atoms with van der Waals surface area (Å²) in [4.78, 5) is 12.2. The predicted octanol–water partition coefficient (Wildman–Crippen LogP) is 4.59. The van der Waals surface area contributed by atoms with Crippen LogP contribution >= 0.6 is 11.8 Å². The smallest absolute Gasteiger partial charge is 0.160 e. The van der Waals surface area contributed by atoms with Gasteiger partial charge < -0.3 is 9.47 Å². The maximum atomic E-state index is 5.07. The fraction of sp³-hybridized carbons (Fsp3) is 0.500. The van der Waals surface area contributed by atoms with Crippen molar-refractivity contribution < 1.29 is 0 Å². The second-order valence-corrected chi connectivity index (χ2v) is 8.87. The first kappa shape index (κ1) is 15.5. The Bertz CT molecular complexity index is 778. The van der Waals surface area contributed by atoms with E-state index in [1.807, 2.05) is 24.0 Å². The highest BCUT2D eigenvalue weighted by molar-refractivity contribution is 8.14. The highest BCUT2D eigenvalue weighted by atomic mass is 32.2. The minimum absolute atomic E-state index is 0.107. The molecule has 5 rings (SSSR count). The number of thioether (sulfide) groups is 1. The van der Waals surface area contributed by atoms with E-state index >= 15 is 0 Å². The average Bonchev–Trinajstić information content (AvgIpc) is 3.38. The summed E-state index contributed by atoms with van der Waals surface area (Å²) in [5.41, 5.74) is 2.47. The van der Waals surface area contributed by atoms with E-state index in [-0.39, 0.29) is 12.1 Å². The summed E-state index contributed by atoms with van der Waals surface area (Å²) >= 11 is 1.91. The van der Waals surface area contributed by atoms with Gasteiger partial charge in [-0.1, -0.05) is 37.6 Å². The van der Waals surface area contributed by atoms with Crippen LogP contribution in [0.3, 0.4) is 0 Å². The Labute approximate surface area is 153 Å². The van der Waals surface area contributed by atoms with E-state index in [0.29, 0.717) is 11.3 Å². The maximum Gasteiger partial charge on any atom is 0.160 e. The lowest BCUT2D eigenvalue weighted by molar-refractivity contribution is 0.320. The predicted molar refractivity (Wildman–Crippen MR) is 103 cm³/mol. The monoisotopic (exact) mass is 352 g/mol. The first-order valence-corrected chi connectivity index (χ1v) is 10.3. The number of aromatic nitrogens is 2. The standard InChI is InChI=1S/C20H24N4S/c1-14-12-24-19(15-9-11-23(13-15)16-6-2-3-7-16)18(22-20(24)25-14)17-8-4-5-10-21-17/h4-5,8-11,13-14,16,18-19H,2-3,6-7,12H2,1H3/t14-,18+,19-/m0/s1. The molecule has 2 fully saturated rings. The van der Waals surface area contributed by atoms with Crippen LogP contribution < -0.4 is 0 Å². The lowest BCUT2D eigenvalue weighted by Gasteiger charge is -2.26. The topological polar surface area (TPSA) is 33.4 Å². The highest BCUT2D eigenvalue weighted by Gasteiger charge is 2.43. The summed E-state index contributed by atoms with van der Waals surface area (Å²) in [5, 5.41) is 1.81. The molecule has 2 aliphatic heterocycles. The second-order valence-electron chi connectivity index (χ2n) is 7.47. The summed E-state index contributed by atoms with van der Waals surface area (Å²) in [6, 6.07) is 9.56. The number of rotatable bonds is 3. The van der Waals surface area contributed by atoms with Crippen LogP contribution in [0, 0.1) is 0 Å². The van der Waals surface area contributed by atoms with E-state index in [4.69, 9.17) is 4.99 Å². The summed E-state index contributed by atoms with van der Waals surface area (Å²) in [5.74, 6) is 0. The average molecular weight is 353 g/mol. The first-order chi connectivity index (χ1) is 12.3. The van der Waals surface area contributed by atoms with Crippen molar-refractivity contribution in [3.05, 3.63) is 54.1 Å². The van der Waals surface area contributed by atoms with Crippen molar-refractivity contribution in [3.8, 4) is 0 Å². The van der Waals surface area contributed by atoms with Crippen LogP contribution in [0.4, 0.5) is 0 Å². The molecule has 0 aromatic carbocycles. The largest absolute Gasteiger partial charge is 0.351 e. The molecule has 2 aromatic heterocycles. The Morgan fingerprint density at radius 2 is 2.04 bits per heavy atom. The van der Waals surface area contributed by atoms with Gasteiger partial charge in [0.1, 0.15) is 6.04 Å². The fourth-order valence-electron chi connectivity index (χ4n) is 4.51. The minimum atomic E-state index is 0.107.